The maximum Gasteiger partial charge on any atom is 0.155 e. The smallest absolute Gasteiger partial charge is 0.155 e. The van der Waals surface area contributed by atoms with Crippen molar-refractivity contribution in [2.45, 2.75) is 33.1 Å². The fourth-order valence-electron chi connectivity index (χ4n) is 0.912. The normalized spacial score (nSPS) is 11.3. The highest BCUT2D eigenvalue weighted by Crippen LogP contribution is 2.04. The van der Waals surface area contributed by atoms with Crippen molar-refractivity contribution in [2.24, 2.45) is 0 Å². The van der Waals surface area contributed by atoms with Gasteiger partial charge in [-0.05, 0) is 31.8 Å². The van der Waals surface area contributed by atoms with Crippen molar-refractivity contribution in [3.8, 4) is 0 Å². The van der Waals surface area contributed by atoms with E-state index in [1.165, 1.54) is 0 Å². The van der Waals surface area contributed by atoms with Gasteiger partial charge in [0.05, 0.1) is 0 Å². The molecule has 1 nitrogen and oxygen atoms in total. The minimum atomic E-state index is 0.191. The fourth-order valence-corrected chi connectivity index (χ4v) is 0.912. The van der Waals surface area contributed by atoms with Crippen LogP contribution in [-0.4, -0.2) is 5.78 Å². The Kier molecular flexibility index (Phi) is 5.44. The van der Waals surface area contributed by atoms with E-state index in [2.05, 4.69) is 6.58 Å². The summed E-state index contributed by atoms with van der Waals surface area (Å²) in [6, 6.07) is 0. The molecule has 0 unspecified atom stereocenters. The summed E-state index contributed by atoms with van der Waals surface area (Å²) in [5.74, 6) is 0.191. The van der Waals surface area contributed by atoms with Gasteiger partial charge in [0.1, 0.15) is 0 Å². The van der Waals surface area contributed by atoms with Gasteiger partial charge in [-0.15, -0.1) is 6.58 Å². The van der Waals surface area contributed by atoms with Crippen LogP contribution in [0.3, 0.4) is 0 Å². The van der Waals surface area contributed by atoms with Crippen molar-refractivity contribution >= 4 is 5.78 Å². The zero-order valence-corrected chi connectivity index (χ0v) is 7.39. The molecule has 0 aliphatic carbocycles. The molecule has 0 radical (unpaired) electrons. The molecule has 0 amide bonds. The van der Waals surface area contributed by atoms with E-state index in [1.54, 1.807) is 6.92 Å². The van der Waals surface area contributed by atoms with E-state index >= 15 is 0 Å². The minimum Gasteiger partial charge on any atom is -0.295 e. The molecule has 0 atom stereocenters. The Morgan fingerprint density at radius 2 is 2.09 bits per heavy atom. The summed E-state index contributed by atoms with van der Waals surface area (Å²) in [5.41, 5.74) is 0.937. The molecule has 0 spiro atoms. The van der Waals surface area contributed by atoms with Gasteiger partial charge in [-0.25, -0.2) is 0 Å². The second-order valence-corrected chi connectivity index (χ2v) is 2.51. The Morgan fingerprint density at radius 1 is 1.45 bits per heavy atom. The molecule has 0 bridgehead atoms. The van der Waals surface area contributed by atoms with Crippen LogP contribution < -0.4 is 0 Å². The summed E-state index contributed by atoms with van der Waals surface area (Å²) in [7, 11) is 0. The van der Waals surface area contributed by atoms with E-state index in [0.717, 1.165) is 24.8 Å². The molecule has 0 aliphatic heterocycles. The molecule has 1 heteroatoms. The van der Waals surface area contributed by atoms with Crippen LogP contribution in [0.2, 0.25) is 0 Å². The quantitative estimate of drug-likeness (QED) is 0.336. The van der Waals surface area contributed by atoms with Crippen LogP contribution >= 0.6 is 0 Å². The zero-order valence-electron chi connectivity index (χ0n) is 7.39. The Balaban J connectivity index is 3.90. The van der Waals surface area contributed by atoms with Crippen molar-refractivity contribution in [3.63, 3.8) is 0 Å². The van der Waals surface area contributed by atoms with Crippen LogP contribution in [0.1, 0.15) is 33.1 Å². The molecule has 0 aromatic carbocycles. The first-order valence-electron chi connectivity index (χ1n) is 4.03. The number of Topliss-reactive ketones (excluding diaryl/α,β-unsaturated/α-hetero) is 1. The third-order valence-electron chi connectivity index (χ3n) is 1.59. The molecular formula is C10H16O. The van der Waals surface area contributed by atoms with Gasteiger partial charge in [0, 0.05) is 0 Å². The summed E-state index contributed by atoms with van der Waals surface area (Å²) in [6.45, 7) is 7.23. The summed E-state index contributed by atoms with van der Waals surface area (Å²) >= 11 is 0. The Morgan fingerprint density at radius 3 is 2.45 bits per heavy atom. The predicted molar refractivity (Wildman–Crippen MR) is 48.5 cm³/mol. The van der Waals surface area contributed by atoms with Gasteiger partial charge in [-0.1, -0.05) is 19.1 Å². The Hall–Kier alpha value is -0.850. The summed E-state index contributed by atoms with van der Waals surface area (Å²) < 4.78 is 0. The molecule has 0 rings (SSSR count). The van der Waals surface area contributed by atoms with Crippen molar-refractivity contribution in [2.75, 3.05) is 0 Å². The van der Waals surface area contributed by atoms with Gasteiger partial charge in [-0.2, -0.15) is 0 Å². The van der Waals surface area contributed by atoms with Gasteiger partial charge in [0.25, 0.3) is 0 Å². The second kappa shape index (κ2) is 5.90. The highest BCUT2D eigenvalue weighted by molar-refractivity contribution is 5.93. The van der Waals surface area contributed by atoms with Crippen LogP contribution in [0.5, 0.6) is 0 Å². The Labute approximate surface area is 68.8 Å². The summed E-state index contributed by atoms with van der Waals surface area (Å²) in [6.07, 6.45) is 6.60. The molecule has 0 saturated heterocycles. The maximum atomic E-state index is 10.9. The van der Waals surface area contributed by atoms with Crippen LogP contribution in [0.4, 0.5) is 0 Å². The van der Waals surface area contributed by atoms with E-state index in [4.69, 9.17) is 0 Å². The summed E-state index contributed by atoms with van der Waals surface area (Å²) in [4.78, 5) is 10.9. The van der Waals surface area contributed by atoms with E-state index < -0.39 is 0 Å². The number of hydrogen-bond acceptors (Lipinski definition) is 1. The second-order valence-electron chi connectivity index (χ2n) is 2.51. The molecule has 0 fully saturated rings. The van der Waals surface area contributed by atoms with Gasteiger partial charge in [0.15, 0.2) is 5.78 Å². The average Bonchev–Trinajstić information content (AvgIpc) is 1.97. The lowest BCUT2D eigenvalue weighted by Crippen LogP contribution is -1.94. The van der Waals surface area contributed by atoms with Gasteiger partial charge in [-0.3, -0.25) is 4.79 Å². The lowest BCUT2D eigenvalue weighted by molar-refractivity contribution is -0.113. The number of rotatable bonds is 5. The predicted octanol–water partition coefficient (Wildman–Crippen LogP) is 2.88. The number of carbonyl (C=O) groups excluding carboxylic acids is 1. The zero-order chi connectivity index (χ0) is 8.69. The van der Waals surface area contributed by atoms with Crippen LogP contribution in [-0.2, 0) is 4.79 Å². The van der Waals surface area contributed by atoms with Crippen LogP contribution in [0.15, 0.2) is 24.3 Å². The molecule has 62 valence electrons. The lowest BCUT2D eigenvalue weighted by atomic mass is 10.1. The molecule has 0 aliphatic rings. The van der Waals surface area contributed by atoms with Crippen molar-refractivity contribution < 1.29 is 4.79 Å². The topological polar surface area (TPSA) is 17.1 Å². The highest BCUT2D eigenvalue weighted by atomic mass is 16.1. The first kappa shape index (κ1) is 10.2. The largest absolute Gasteiger partial charge is 0.295 e. The molecule has 0 saturated carbocycles. The molecule has 0 aromatic heterocycles. The van der Waals surface area contributed by atoms with Crippen molar-refractivity contribution in [1.29, 1.82) is 0 Å². The molecule has 0 aromatic rings. The molecular weight excluding hydrogens is 136 g/mol. The third-order valence-corrected chi connectivity index (χ3v) is 1.59. The third kappa shape index (κ3) is 4.54. The van der Waals surface area contributed by atoms with Crippen molar-refractivity contribution in [3.05, 3.63) is 24.3 Å². The maximum absolute atomic E-state index is 10.9. The SMILES string of the molecule is C=CCC/C=C(\CC)C(C)=O. The highest BCUT2D eigenvalue weighted by Gasteiger charge is 1.97. The summed E-state index contributed by atoms with van der Waals surface area (Å²) in [5, 5.41) is 0. The van der Waals surface area contributed by atoms with E-state index in [-0.39, 0.29) is 5.78 Å². The molecule has 0 N–H and O–H groups in total. The van der Waals surface area contributed by atoms with Crippen LogP contribution in [0, 0.1) is 0 Å². The number of hydrogen-bond donors (Lipinski definition) is 0. The van der Waals surface area contributed by atoms with Gasteiger partial charge >= 0.3 is 0 Å². The Bertz CT molecular complexity index is 166. The first-order valence-corrected chi connectivity index (χ1v) is 4.03. The van der Waals surface area contributed by atoms with E-state index in [0.29, 0.717) is 0 Å². The first-order chi connectivity index (χ1) is 5.22. The standard InChI is InChI=1S/C10H16O/c1-4-6-7-8-10(5-2)9(3)11/h4,8H,1,5-7H2,2-3H3/b10-8+. The number of ketones is 1. The van der Waals surface area contributed by atoms with Gasteiger partial charge in [0.2, 0.25) is 0 Å². The lowest BCUT2D eigenvalue weighted by Gasteiger charge is -1.96. The number of carbonyl (C=O) groups is 1. The fraction of sp³-hybridized carbons (Fsp3) is 0.500. The number of allylic oxidation sites excluding steroid dienone is 3. The average molecular weight is 152 g/mol. The van der Waals surface area contributed by atoms with Crippen LogP contribution in [0.25, 0.3) is 0 Å². The minimum absolute atomic E-state index is 0.191. The monoisotopic (exact) mass is 152 g/mol. The van der Waals surface area contributed by atoms with Gasteiger partial charge < -0.3 is 0 Å². The molecule has 0 heterocycles. The van der Waals surface area contributed by atoms with E-state index in [9.17, 15) is 4.79 Å². The number of unbranched alkanes of at least 4 members (excludes halogenated alkanes) is 1. The van der Waals surface area contributed by atoms with Crippen molar-refractivity contribution in [1.82, 2.24) is 0 Å². The van der Waals surface area contributed by atoms with E-state index in [1.807, 2.05) is 19.1 Å². The molecule has 11 heavy (non-hydrogen) atoms.